The van der Waals surface area contributed by atoms with Gasteiger partial charge in [0.2, 0.25) is 0 Å². The summed E-state index contributed by atoms with van der Waals surface area (Å²) in [4.78, 5) is 0. The highest BCUT2D eigenvalue weighted by Gasteiger charge is 2.11. The minimum absolute atomic E-state index is 0.0908. The summed E-state index contributed by atoms with van der Waals surface area (Å²) in [7, 11) is 0. The van der Waals surface area contributed by atoms with Crippen molar-refractivity contribution in [1.29, 1.82) is 10.5 Å². The van der Waals surface area contributed by atoms with Crippen LogP contribution in [0.3, 0.4) is 0 Å². The predicted molar refractivity (Wildman–Crippen MR) is 53.6 cm³/mol. The summed E-state index contributed by atoms with van der Waals surface area (Å²) in [5.41, 5.74) is 0.480. The van der Waals surface area contributed by atoms with E-state index >= 15 is 0 Å². The van der Waals surface area contributed by atoms with Gasteiger partial charge in [0.15, 0.2) is 11.3 Å². The van der Waals surface area contributed by atoms with Crippen LogP contribution in [0.4, 0.5) is 0 Å². The smallest absolute Gasteiger partial charge is 0.171 e. The summed E-state index contributed by atoms with van der Waals surface area (Å²) in [6, 6.07) is 7.66. The van der Waals surface area contributed by atoms with Crippen LogP contribution in [-0.2, 0) is 0 Å². The molecule has 1 rings (SSSR count). The fourth-order valence-corrected chi connectivity index (χ4v) is 1.11. The number of rotatable bonds is 1. The molecule has 0 aliphatic heterocycles. The zero-order valence-corrected chi connectivity index (χ0v) is 8.02. The Morgan fingerprint density at radius 2 is 1.87 bits per heavy atom. The molecule has 0 amide bonds. The molecular weight excluding hydrogens is 192 g/mol. The topological polar surface area (TPSA) is 88.0 Å². The third-order valence-electron chi connectivity index (χ3n) is 1.87. The Kier molecular flexibility index (Phi) is 2.95. The molecule has 15 heavy (non-hydrogen) atoms. The van der Waals surface area contributed by atoms with Crippen LogP contribution in [0.5, 0.6) is 5.75 Å². The van der Waals surface area contributed by atoms with Crippen molar-refractivity contribution in [1.82, 2.24) is 0 Å². The van der Waals surface area contributed by atoms with Crippen molar-refractivity contribution < 1.29 is 10.2 Å². The first-order valence-electron chi connectivity index (χ1n) is 4.13. The summed E-state index contributed by atoms with van der Waals surface area (Å²) in [6.45, 7) is 1.77. The van der Waals surface area contributed by atoms with E-state index in [2.05, 4.69) is 0 Å². The number of nitriles is 2. The van der Waals surface area contributed by atoms with Gasteiger partial charge in [-0.15, -0.1) is 0 Å². The minimum atomic E-state index is -0.499. The monoisotopic (exact) mass is 200 g/mol. The predicted octanol–water partition coefficient (Wildman–Crippen LogP) is 2.02. The maximum atomic E-state index is 9.56. The Labute approximate surface area is 86.9 Å². The quantitative estimate of drug-likeness (QED) is 0.536. The lowest BCUT2D eigenvalue weighted by Crippen LogP contribution is -1.89. The molecule has 4 nitrogen and oxygen atoms in total. The van der Waals surface area contributed by atoms with E-state index in [-0.39, 0.29) is 11.3 Å². The average Bonchev–Trinajstić information content (AvgIpc) is 2.23. The molecule has 0 atom stereocenters. The Morgan fingerprint density at radius 1 is 1.27 bits per heavy atom. The fraction of sp³-hybridized carbons (Fsp3) is 0.0909. The van der Waals surface area contributed by atoms with Crippen LogP contribution in [0.2, 0.25) is 0 Å². The second-order valence-electron chi connectivity index (χ2n) is 2.97. The molecular formula is C11H8N2O2. The number of nitrogens with zero attached hydrogens (tertiary/aromatic N) is 2. The second kappa shape index (κ2) is 4.17. The first-order chi connectivity index (χ1) is 7.10. The Bertz CT molecular complexity index is 488. The van der Waals surface area contributed by atoms with Gasteiger partial charge < -0.3 is 10.2 Å². The van der Waals surface area contributed by atoms with Crippen molar-refractivity contribution >= 4 is 5.76 Å². The van der Waals surface area contributed by atoms with Crippen molar-refractivity contribution in [3.05, 3.63) is 34.9 Å². The third-order valence-corrected chi connectivity index (χ3v) is 1.87. The van der Waals surface area contributed by atoms with E-state index in [1.54, 1.807) is 25.1 Å². The average molecular weight is 200 g/mol. The third kappa shape index (κ3) is 2.07. The van der Waals surface area contributed by atoms with Crippen LogP contribution < -0.4 is 0 Å². The molecule has 0 radical (unpaired) electrons. The lowest BCUT2D eigenvalue weighted by molar-refractivity contribution is 0.459. The Hall–Kier alpha value is -2.46. The van der Waals surface area contributed by atoms with E-state index in [0.717, 1.165) is 5.56 Å². The molecule has 0 bridgehead atoms. The number of aliphatic hydroxyl groups is 1. The number of aromatic hydroxyl groups is 1. The maximum absolute atomic E-state index is 9.56. The van der Waals surface area contributed by atoms with Crippen LogP contribution in [-0.4, -0.2) is 10.2 Å². The molecule has 0 aromatic heterocycles. The number of hydrogen-bond donors (Lipinski definition) is 2. The summed E-state index contributed by atoms with van der Waals surface area (Å²) in [5.74, 6) is -0.665. The molecule has 0 aliphatic rings. The first-order valence-corrected chi connectivity index (χ1v) is 4.13. The lowest BCUT2D eigenvalue weighted by atomic mass is 10.1. The van der Waals surface area contributed by atoms with Gasteiger partial charge in [-0.1, -0.05) is 11.6 Å². The van der Waals surface area contributed by atoms with E-state index in [0.29, 0.717) is 0 Å². The van der Waals surface area contributed by atoms with E-state index in [9.17, 15) is 10.2 Å². The molecule has 0 spiro atoms. The van der Waals surface area contributed by atoms with Gasteiger partial charge >= 0.3 is 0 Å². The molecule has 2 N–H and O–H groups in total. The molecule has 0 heterocycles. The van der Waals surface area contributed by atoms with Crippen molar-refractivity contribution in [2.75, 3.05) is 0 Å². The summed E-state index contributed by atoms with van der Waals surface area (Å²) < 4.78 is 0. The van der Waals surface area contributed by atoms with Gasteiger partial charge in [0, 0.05) is 0 Å². The highest BCUT2D eigenvalue weighted by Crippen LogP contribution is 2.26. The van der Waals surface area contributed by atoms with Gasteiger partial charge in [0.25, 0.3) is 0 Å². The number of phenols is 1. The van der Waals surface area contributed by atoms with E-state index in [1.807, 2.05) is 0 Å². The number of hydrogen-bond acceptors (Lipinski definition) is 4. The minimum Gasteiger partial charge on any atom is -0.507 e. The fourth-order valence-electron chi connectivity index (χ4n) is 1.11. The van der Waals surface area contributed by atoms with E-state index in [4.69, 9.17) is 10.5 Å². The molecule has 1 aromatic rings. The van der Waals surface area contributed by atoms with Gasteiger partial charge in [0.05, 0.1) is 5.56 Å². The molecule has 74 valence electrons. The first kappa shape index (κ1) is 10.6. The summed E-state index contributed by atoms with van der Waals surface area (Å²) in [6.07, 6.45) is 0. The molecule has 0 fully saturated rings. The second-order valence-corrected chi connectivity index (χ2v) is 2.97. The normalized spacial score (nSPS) is 8.73. The standard InChI is InChI=1S/C11H8N2O2/c1-7-2-3-10(14)9(4-7)11(15)8(5-12)6-13/h2-4,14-15H,1H3. The molecule has 0 unspecified atom stereocenters. The van der Waals surface area contributed by atoms with Crippen LogP contribution in [0.25, 0.3) is 5.76 Å². The Morgan fingerprint density at radius 3 is 2.40 bits per heavy atom. The van der Waals surface area contributed by atoms with Gasteiger partial charge in [-0.25, -0.2) is 0 Å². The number of allylic oxidation sites excluding steroid dienone is 1. The van der Waals surface area contributed by atoms with Crippen LogP contribution in [0, 0.1) is 29.6 Å². The number of phenolic OH excluding ortho intramolecular Hbond substituents is 1. The SMILES string of the molecule is Cc1ccc(O)c(C(O)=C(C#N)C#N)c1. The summed E-state index contributed by atoms with van der Waals surface area (Å²) >= 11 is 0. The van der Waals surface area contributed by atoms with Crippen molar-refractivity contribution in [3.63, 3.8) is 0 Å². The number of aliphatic hydroxyl groups excluding tert-OH is 1. The molecule has 0 aliphatic carbocycles. The van der Waals surface area contributed by atoms with Crippen LogP contribution in [0.1, 0.15) is 11.1 Å². The molecule has 1 aromatic carbocycles. The lowest BCUT2D eigenvalue weighted by Gasteiger charge is -2.04. The van der Waals surface area contributed by atoms with Gasteiger partial charge in [-0.3, -0.25) is 0 Å². The van der Waals surface area contributed by atoms with Crippen molar-refractivity contribution in [2.24, 2.45) is 0 Å². The largest absolute Gasteiger partial charge is 0.507 e. The molecule has 0 saturated carbocycles. The summed E-state index contributed by atoms with van der Waals surface area (Å²) in [5, 5.41) is 36.1. The maximum Gasteiger partial charge on any atom is 0.171 e. The van der Waals surface area contributed by atoms with E-state index in [1.165, 1.54) is 12.1 Å². The highest BCUT2D eigenvalue weighted by molar-refractivity contribution is 5.73. The number of aryl methyl sites for hydroxylation is 1. The van der Waals surface area contributed by atoms with Gasteiger partial charge in [0.1, 0.15) is 17.9 Å². The van der Waals surface area contributed by atoms with Crippen molar-refractivity contribution in [3.8, 4) is 17.9 Å². The van der Waals surface area contributed by atoms with Gasteiger partial charge in [-0.2, -0.15) is 10.5 Å². The molecule has 4 heteroatoms. The number of benzene rings is 1. The zero-order chi connectivity index (χ0) is 11.4. The van der Waals surface area contributed by atoms with Crippen LogP contribution in [0.15, 0.2) is 23.8 Å². The van der Waals surface area contributed by atoms with Crippen molar-refractivity contribution in [2.45, 2.75) is 6.92 Å². The van der Waals surface area contributed by atoms with E-state index < -0.39 is 11.3 Å². The zero-order valence-electron chi connectivity index (χ0n) is 8.02. The van der Waals surface area contributed by atoms with Gasteiger partial charge in [-0.05, 0) is 19.1 Å². The van der Waals surface area contributed by atoms with Crippen LogP contribution >= 0.6 is 0 Å². The molecule has 0 saturated heterocycles. The Balaban J connectivity index is 3.42. The highest BCUT2D eigenvalue weighted by atomic mass is 16.3.